The molecule has 8 nitrogen and oxygen atoms in total. The molecule has 0 aromatic carbocycles. The molecular weight excluding hydrogens is 266 g/mol. The molecule has 20 heavy (non-hydrogen) atoms. The van der Waals surface area contributed by atoms with Crippen molar-refractivity contribution in [2.45, 2.75) is 30.5 Å². The minimum absolute atomic E-state index is 0.0182. The van der Waals surface area contributed by atoms with E-state index in [9.17, 15) is 15.0 Å². The van der Waals surface area contributed by atoms with Crippen LogP contribution in [0.1, 0.15) is 6.92 Å². The van der Waals surface area contributed by atoms with Gasteiger partial charge < -0.3 is 25.8 Å². The van der Waals surface area contributed by atoms with Gasteiger partial charge in [-0.2, -0.15) is 4.98 Å². The van der Waals surface area contributed by atoms with Gasteiger partial charge in [0.1, 0.15) is 18.0 Å². The van der Waals surface area contributed by atoms with E-state index >= 15 is 0 Å². The number of nitrogens with two attached hydrogens (primary N) is 1. The van der Waals surface area contributed by atoms with E-state index in [2.05, 4.69) is 10.9 Å². The fourth-order valence-electron chi connectivity index (χ4n) is 2.31. The highest BCUT2D eigenvalue weighted by atomic mass is 16.6. The minimum Gasteiger partial charge on any atom is -0.394 e. The number of rotatable bonds is 2. The lowest BCUT2D eigenvalue weighted by molar-refractivity contribution is -0.150. The van der Waals surface area contributed by atoms with Crippen molar-refractivity contribution >= 4 is 5.82 Å². The Balaban J connectivity index is 2.67. The number of anilines is 1. The topological polar surface area (TPSA) is 131 Å². The van der Waals surface area contributed by atoms with Crippen molar-refractivity contribution < 1.29 is 20.1 Å². The van der Waals surface area contributed by atoms with Crippen LogP contribution in [-0.4, -0.2) is 49.3 Å². The van der Waals surface area contributed by atoms with Gasteiger partial charge in [0, 0.05) is 6.20 Å². The van der Waals surface area contributed by atoms with Crippen molar-refractivity contribution in [1.29, 1.82) is 0 Å². The van der Waals surface area contributed by atoms with Gasteiger partial charge in [-0.15, -0.1) is 6.42 Å². The molecule has 0 amide bonds. The van der Waals surface area contributed by atoms with Crippen LogP contribution in [0.2, 0.25) is 0 Å². The second-order valence-electron chi connectivity index (χ2n) is 4.72. The summed E-state index contributed by atoms with van der Waals surface area (Å²) in [4.78, 5) is 15.4. The molecule has 1 aromatic heterocycles. The fourth-order valence-corrected chi connectivity index (χ4v) is 2.31. The van der Waals surface area contributed by atoms with Gasteiger partial charge in [-0.05, 0) is 18.9 Å². The molecule has 108 valence electrons. The maximum absolute atomic E-state index is 11.9. The summed E-state index contributed by atoms with van der Waals surface area (Å²) in [5.41, 5.74) is 0.560. The molecule has 1 saturated heterocycles. The van der Waals surface area contributed by atoms with Crippen molar-refractivity contribution in [3.63, 3.8) is 0 Å². The Morgan fingerprint density at radius 2 is 2.35 bits per heavy atom. The van der Waals surface area contributed by atoms with Crippen LogP contribution in [0.4, 0.5) is 5.82 Å². The molecule has 0 aliphatic carbocycles. The summed E-state index contributed by atoms with van der Waals surface area (Å²) in [6, 6.07) is 1.30. The zero-order valence-corrected chi connectivity index (χ0v) is 10.7. The van der Waals surface area contributed by atoms with Gasteiger partial charge in [-0.3, -0.25) is 4.57 Å². The van der Waals surface area contributed by atoms with Gasteiger partial charge in [-0.1, -0.05) is 0 Å². The average molecular weight is 281 g/mol. The molecule has 8 heteroatoms. The van der Waals surface area contributed by atoms with E-state index in [1.807, 2.05) is 0 Å². The van der Waals surface area contributed by atoms with Gasteiger partial charge in [0.05, 0.1) is 6.61 Å². The summed E-state index contributed by atoms with van der Waals surface area (Å²) in [7, 11) is 0. The van der Waals surface area contributed by atoms with Crippen molar-refractivity contribution in [1.82, 2.24) is 9.55 Å². The van der Waals surface area contributed by atoms with E-state index in [-0.39, 0.29) is 5.82 Å². The fraction of sp³-hybridized carbons (Fsp3) is 0.500. The minimum atomic E-state index is -2.00. The largest absolute Gasteiger partial charge is 0.394 e. The first kappa shape index (κ1) is 14.5. The van der Waals surface area contributed by atoms with Gasteiger partial charge >= 0.3 is 5.69 Å². The SMILES string of the molecule is C#C[C@@]1(n2ccc(N)nc2=O)O[C@H](CO)[C@@H](O)[C@@]1(C)O. The molecular formula is C12H15N3O5. The van der Waals surface area contributed by atoms with Gasteiger partial charge in [0.25, 0.3) is 0 Å². The number of terminal acetylenes is 1. The van der Waals surface area contributed by atoms with Crippen LogP contribution < -0.4 is 11.4 Å². The molecule has 1 aromatic rings. The zero-order chi connectivity index (χ0) is 15.1. The number of nitrogens with zero attached hydrogens (tertiary/aromatic N) is 2. The van der Waals surface area contributed by atoms with Gasteiger partial charge in [-0.25, -0.2) is 4.79 Å². The average Bonchev–Trinajstić information content (AvgIpc) is 2.59. The van der Waals surface area contributed by atoms with Gasteiger partial charge in [0.15, 0.2) is 5.60 Å². The van der Waals surface area contributed by atoms with E-state index in [1.54, 1.807) is 0 Å². The van der Waals surface area contributed by atoms with Crippen LogP contribution in [0.15, 0.2) is 17.1 Å². The molecule has 5 N–H and O–H groups in total. The van der Waals surface area contributed by atoms with Crippen molar-refractivity contribution in [2.24, 2.45) is 0 Å². The lowest BCUT2D eigenvalue weighted by Gasteiger charge is -2.35. The highest BCUT2D eigenvalue weighted by Gasteiger charge is 2.63. The third kappa shape index (κ3) is 1.72. The van der Waals surface area contributed by atoms with E-state index in [4.69, 9.17) is 22.0 Å². The number of nitrogen functional groups attached to an aromatic ring is 1. The second-order valence-corrected chi connectivity index (χ2v) is 4.72. The first-order valence-corrected chi connectivity index (χ1v) is 5.82. The molecule has 2 heterocycles. The van der Waals surface area contributed by atoms with E-state index in [0.29, 0.717) is 0 Å². The summed E-state index contributed by atoms with van der Waals surface area (Å²) in [6.45, 7) is 0.647. The smallest absolute Gasteiger partial charge is 0.352 e. The van der Waals surface area contributed by atoms with Crippen molar-refractivity contribution in [2.75, 3.05) is 12.3 Å². The second kappa shape index (κ2) is 4.57. The molecule has 2 rings (SSSR count). The highest BCUT2D eigenvalue weighted by molar-refractivity contribution is 5.27. The maximum atomic E-state index is 11.9. The third-order valence-corrected chi connectivity index (χ3v) is 3.48. The summed E-state index contributed by atoms with van der Waals surface area (Å²) < 4.78 is 6.24. The number of aliphatic hydroxyl groups is 3. The van der Waals surface area contributed by atoms with E-state index in [0.717, 1.165) is 4.57 Å². The number of hydrogen-bond acceptors (Lipinski definition) is 7. The predicted octanol–water partition coefficient (Wildman–Crippen LogP) is -2.39. The molecule has 4 atom stereocenters. The Kier molecular flexibility index (Phi) is 3.31. The van der Waals surface area contributed by atoms with Gasteiger partial charge in [0.2, 0.25) is 5.72 Å². The summed E-state index contributed by atoms with van der Waals surface area (Å²) in [6.07, 6.45) is 4.02. The number of hydrogen-bond donors (Lipinski definition) is 4. The Hall–Kier alpha value is -1.92. The van der Waals surface area contributed by atoms with E-state index < -0.39 is 35.8 Å². The van der Waals surface area contributed by atoms with Crippen LogP contribution in [0.3, 0.4) is 0 Å². The quantitative estimate of drug-likeness (QED) is 0.445. The van der Waals surface area contributed by atoms with Crippen molar-refractivity contribution in [3.8, 4) is 12.3 Å². The molecule has 1 fully saturated rings. The normalized spacial score (nSPS) is 36.8. The maximum Gasteiger partial charge on any atom is 0.352 e. The molecule has 1 aliphatic heterocycles. The molecule has 0 spiro atoms. The van der Waals surface area contributed by atoms with Crippen molar-refractivity contribution in [3.05, 3.63) is 22.7 Å². The molecule has 0 unspecified atom stereocenters. The highest BCUT2D eigenvalue weighted by Crippen LogP contribution is 2.42. The molecule has 0 radical (unpaired) electrons. The summed E-state index contributed by atoms with van der Waals surface area (Å²) in [5.74, 6) is 2.16. The number of aliphatic hydroxyl groups excluding tert-OH is 2. The third-order valence-electron chi connectivity index (χ3n) is 3.48. The first-order valence-electron chi connectivity index (χ1n) is 5.82. The molecule has 1 aliphatic rings. The standard InChI is InChI=1S/C12H15N3O5/c1-3-12(15-5-4-8(13)14-10(15)18)11(2,19)9(17)7(6-16)20-12/h1,4-5,7,9,16-17,19H,6H2,2H3,(H2,13,14,18)/t7-,9-,11-,12-/m1/s1. The van der Waals surface area contributed by atoms with E-state index in [1.165, 1.54) is 19.2 Å². The van der Waals surface area contributed by atoms with Crippen LogP contribution >= 0.6 is 0 Å². The Morgan fingerprint density at radius 1 is 1.70 bits per heavy atom. The Labute approximate surface area is 114 Å². The summed E-state index contributed by atoms with van der Waals surface area (Å²) in [5, 5.41) is 29.6. The lowest BCUT2D eigenvalue weighted by Crippen LogP contribution is -2.57. The molecule has 0 saturated carbocycles. The van der Waals surface area contributed by atoms with Crippen LogP contribution in [0.5, 0.6) is 0 Å². The first-order chi connectivity index (χ1) is 9.30. The van der Waals surface area contributed by atoms with Crippen LogP contribution in [0.25, 0.3) is 0 Å². The monoisotopic (exact) mass is 281 g/mol. The number of aromatic nitrogens is 2. The zero-order valence-electron chi connectivity index (χ0n) is 10.7. The Morgan fingerprint density at radius 3 is 2.80 bits per heavy atom. The lowest BCUT2D eigenvalue weighted by atomic mass is 9.88. The van der Waals surface area contributed by atoms with Crippen LogP contribution in [-0.2, 0) is 10.5 Å². The van der Waals surface area contributed by atoms with Crippen LogP contribution in [0, 0.1) is 12.3 Å². The predicted molar refractivity (Wildman–Crippen MR) is 68.3 cm³/mol. The Bertz CT molecular complexity index is 620. The summed E-state index contributed by atoms with van der Waals surface area (Å²) >= 11 is 0. The molecule has 0 bridgehead atoms. The number of ether oxygens (including phenoxy) is 1.